The molecule has 3 aromatic rings. The SMILES string of the molecule is CCn1cc(C(=O)Nc2cn(CC)nc2C(=O)Nc2ccccc2)cn1. The van der Waals surface area contributed by atoms with Crippen LogP contribution in [0.4, 0.5) is 11.4 Å². The lowest BCUT2D eigenvalue weighted by Crippen LogP contribution is -2.17. The predicted molar refractivity (Wildman–Crippen MR) is 98.2 cm³/mol. The van der Waals surface area contributed by atoms with E-state index in [4.69, 9.17) is 0 Å². The first-order chi connectivity index (χ1) is 12.6. The number of anilines is 2. The summed E-state index contributed by atoms with van der Waals surface area (Å²) in [6, 6.07) is 9.09. The monoisotopic (exact) mass is 352 g/mol. The molecular weight excluding hydrogens is 332 g/mol. The molecule has 134 valence electrons. The molecule has 1 aromatic carbocycles. The lowest BCUT2D eigenvalue weighted by molar-refractivity contribution is 0.102. The fraction of sp³-hybridized carbons (Fsp3) is 0.222. The smallest absolute Gasteiger partial charge is 0.278 e. The molecule has 0 fully saturated rings. The van der Waals surface area contributed by atoms with E-state index in [1.54, 1.807) is 33.9 Å². The Morgan fingerprint density at radius 2 is 1.69 bits per heavy atom. The van der Waals surface area contributed by atoms with Crippen LogP contribution in [0.5, 0.6) is 0 Å². The van der Waals surface area contributed by atoms with Gasteiger partial charge in [-0.2, -0.15) is 10.2 Å². The molecule has 0 atom stereocenters. The van der Waals surface area contributed by atoms with Crippen molar-refractivity contribution in [2.75, 3.05) is 10.6 Å². The van der Waals surface area contributed by atoms with Gasteiger partial charge < -0.3 is 10.6 Å². The minimum atomic E-state index is -0.386. The molecule has 0 aliphatic heterocycles. The highest BCUT2D eigenvalue weighted by atomic mass is 16.2. The van der Waals surface area contributed by atoms with E-state index in [9.17, 15) is 9.59 Å². The van der Waals surface area contributed by atoms with E-state index in [1.807, 2.05) is 32.0 Å². The third-order valence-corrected chi connectivity index (χ3v) is 3.80. The van der Waals surface area contributed by atoms with Gasteiger partial charge in [-0.25, -0.2) is 0 Å². The number of para-hydroxylation sites is 1. The number of nitrogens with one attached hydrogen (secondary N) is 2. The molecule has 0 saturated heterocycles. The second-order valence-electron chi connectivity index (χ2n) is 5.61. The normalized spacial score (nSPS) is 10.5. The van der Waals surface area contributed by atoms with E-state index in [1.165, 1.54) is 6.20 Å². The van der Waals surface area contributed by atoms with Gasteiger partial charge in [-0.05, 0) is 26.0 Å². The summed E-state index contributed by atoms with van der Waals surface area (Å²) in [5.74, 6) is -0.725. The molecule has 8 nitrogen and oxygen atoms in total. The quantitative estimate of drug-likeness (QED) is 0.713. The second kappa shape index (κ2) is 7.64. The first kappa shape index (κ1) is 17.4. The van der Waals surface area contributed by atoms with E-state index in [2.05, 4.69) is 20.8 Å². The largest absolute Gasteiger partial charge is 0.321 e. The number of hydrogen-bond acceptors (Lipinski definition) is 4. The minimum Gasteiger partial charge on any atom is -0.321 e. The van der Waals surface area contributed by atoms with Crippen molar-refractivity contribution in [1.29, 1.82) is 0 Å². The second-order valence-corrected chi connectivity index (χ2v) is 5.61. The third-order valence-electron chi connectivity index (χ3n) is 3.80. The average Bonchev–Trinajstić information content (AvgIpc) is 3.29. The van der Waals surface area contributed by atoms with Crippen LogP contribution in [0, 0.1) is 0 Å². The highest BCUT2D eigenvalue weighted by Crippen LogP contribution is 2.17. The number of carbonyl (C=O) groups excluding carboxylic acids is 2. The van der Waals surface area contributed by atoms with Gasteiger partial charge in [0.2, 0.25) is 0 Å². The predicted octanol–water partition coefficient (Wildman–Crippen LogP) is 2.62. The zero-order valence-corrected chi connectivity index (χ0v) is 14.6. The lowest BCUT2D eigenvalue weighted by atomic mass is 10.2. The summed E-state index contributed by atoms with van der Waals surface area (Å²) in [5, 5.41) is 13.9. The van der Waals surface area contributed by atoms with Crippen molar-refractivity contribution < 1.29 is 9.59 Å². The number of aryl methyl sites for hydroxylation is 2. The van der Waals surface area contributed by atoms with Crippen LogP contribution < -0.4 is 10.6 Å². The maximum absolute atomic E-state index is 12.6. The Bertz CT molecular complexity index is 913. The first-order valence-electron chi connectivity index (χ1n) is 8.38. The number of carbonyl (C=O) groups is 2. The molecule has 8 heteroatoms. The van der Waals surface area contributed by atoms with Crippen molar-refractivity contribution in [3.63, 3.8) is 0 Å². The molecular formula is C18H20N6O2. The van der Waals surface area contributed by atoms with Gasteiger partial charge in [-0.1, -0.05) is 18.2 Å². The molecule has 0 spiro atoms. The zero-order valence-electron chi connectivity index (χ0n) is 14.6. The minimum absolute atomic E-state index is 0.159. The van der Waals surface area contributed by atoms with E-state index in [0.717, 1.165) is 0 Å². The summed E-state index contributed by atoms with van der Waals surface area (Å²) in [4.78, 5) is 25.0. The standard InChI is InChI=1S/C18H20N6O2/c1-3-23-11-13(10-19-23)17(25)21-15-12-24(4-2)22-16(15)18(26)20-14-8-6-5-7-9-14/h5-12H,3-4H2,1-2H3,(H,20,26)(H,21,25). The van der Waals surface area contributed by atoms with Crippen LogP contribution in [0.25, 0.3) is 0 Å². The van der Waals surface area contributed by atoms with Gasteiger partial charge in [0.25, 0.3) is 11.8 Å². The highest BCUT2D eigenvalue weighted by molar-refractivity contribution is 6.11. The van der Waals surface area contributed by atoms with Crippen molar-refractivity contribution in [3.05, 3.63) is 60.2 Å². The maximum Gasteiger partial charge on any atom is 0.278 e. The van der Waals surface area contributed by atoms with Gasteiger partial charge in [0.05, 0.1) is 17.4 Å². The topological polar surface area (TPSA) is 93.8 Å². The van der Waals surface area contributed by atoms with Crippen LogP contribution in [-0.2, 0) is 13.1 Å². The van der Waals surface area contributed by atoms with Gasteiger partial charge in [0.15, 0.2) is 5.69 Å². The van der Waals surface area contributed by atoms with Gasteiger partial charge in [-0.3, -0.25) is 19.0 Å². The van der Waals surface area contributed by atoms with Gasteiger partial charge in [0.1, 0.15) is 0 Å². The van der Waals surface area contributed by atoms with Gasteiger partial charge >= 0.3 is 0 Å². The molecule has 26 heavy (non-hydrogen) atoms. The number of benzene rings is 1. The van der Waals surface area contributed by atoms with E-state index in [0.29, 0.717) is 30.0 Å². The maximum atomic E-state index is 12.6. The Morgan fingerprint density at radius 3 is 2.35 bits per heavy atom. The Hall–Kier alpha value is -3.42. The number of amides is 2. The molecule has 0 unspecified atom stereocenters. The van der Waals surface area contributed by atoms with Crippen molar-refractivity contribution in [2.24, 2.45) is 0 Å². The van der Waals surface area contributed by atoms with Crippen LogP contribution in [0.15, 0.2) is 48.9 Å². The number of nitrogens with zero attached hydrogens (tertiary/aromatic N) is 4. The third kappa shape index (κ3) is 3.80. The molecule has 0 aliphatic rings. The number of rotatable bonds is 6. The van der Waals surface area contributed by atoms with Crippen molar-refractivity contribution in [2.45, 2.75) is 26.9 Å². The number of hydrogen-bond donors (Lipinski definition) is 2. The number of aromatic nitrogens is 4. The van der Waals surface area contributed by atoms with Crippen LogP contribution >= 0.6 is 0 Å². The highest BCUT2D eigenvalue weighted by Gasteiger charge is 2.20. The van der Waals surface area contributed by atoms with E-state index < -0.39 is 0 Å². The molecule has 2 N–H and O–H groups in total. The average molecular weight is 352 g/mol. The Kier molecular flexibility index (Phi) is 5.12. The zero-order chi connectivity index (χ0) is 18.5. The fourth-order valence-electron chi connectivity index (χ4n) is 2.40. The molecule has 0 radical (unpaired) electrons. The van der Waals surface area contributed by atoms with Crippen molar-refractivity contribution >= 4 is 23.2 Å². The molecule has 2 heterocycles. The van der Waals surface area contributed by atoms with E-state index >= 15 is 0 Å². The molecule has 2 aromatic heterocycles. The Balaban J connectivity index is 1.81. The summed E-state index contributed by atoms with van der Waals surface area (Å²) in [6.07, 6.45) is 4.79. The van der Waals surface area contributed by atoms with Gasteiger partial charge in [-0.15, -0.1) is 0 Å². The summed E-state index contributed by atoms with van der Waals surface area (Å²) in [5.41, 5.74) is 1.59. The summed E-state index contributed by atoms with van der Waals surface area (Å²) in [6.45, 7) is 5.09. The fourth-order valence-corrected chi connectivity index (χ4v) is 2.40. The molecule has 0 saturated carbocycles. The van der Waals surface area contributed by atoms with Crippen molar-refractivity contribution in [1.82, 2.24) is 19.6 Å². The Morgan fingerprint density at radius 1 is 0.962 bits per heavy atom. The molecule has 0 aliphatic carbocycles. The molecule has 0 bridgehead atoms. The lowest BCUT2D eigenvalue weighted by Gasteiger charge is -2.05. The summed E-state index contributed by atoms with van der Waals surface area (Å²) >= 11 is 0. The molecule has 3 rings (SSSR count). The summed E-state index contributed by atoms with van der Waals surface area (Å²) in [7, 11) is 0. The van der Waals surface area contributed by atoms with Crippen LogP contribution in [0.1, 0.15) is 34.7 Å². The van der Waals surface area contributed by atoms with Gasteiger partial charge in [0, 0.05) is 31.2 Å². The van der Waals surface area contributed by atoms with Crippen LogP contribution in [0.2, 0.25) is 0 Å². The van der Waals surface area contributed by atoms with Crippen molar-refractivity contribution in [3.8, 4) is 0 Å². The van der Waals surface area contributed by atoms with Crippen LogP contribution in [-0.4, -0.2) is 31.4 Å². The van der Waals surface area contributed by atoms with Crippen LogP contribution in [0.3, 0.4) is 0 Å². The Labute approximate surface area is 150 Å². The first-order valence-corrected chi connectivity index (χ1v) is 8.38. The molecule has 2 amide bonds. The summed E-state index contributed by atoms with van der Waals surface area (Å²) < 4.78 is 3.26. The van der Waals surface area contributed by atoms with E-state index in [-0.39, 0.29) is 17.5 Å².